The number of amides is 1. The molecule has 0 aliphatic carbocycles. The number of rotatable bonds is 6. The Morgan fingerprint density at radius 3 is 2.64 bits per heavy atom. The first-order valence-electron chi connectivity index (χ1n) is 13.9. The molecule has 2 fully saturated rings. The summed E-state index contributed by atoms with van der Waals surface area (Å²) < 4.78 is 13.4. The SMILES string of the molecule is C[N+]1=CC(c2cc(C(=N)c3cccc(C4CCN(C(=O)OC(C)(C)C)CC4)n3)c(NC3CCCCO3)cn2)=C1. The van der Waals surface area contributed by atoms with Gasteiger partial charge in [0.1, 0.15) is 24.4 Å². The van der Waals surface area contributed by atoms with E-state index in [4.69, 9.17) is 14.5 Å². The average molecular weight is 532 g/mol. The summed E-state index contributed by atoms with van der Waals surface area (Å²) in [7, 11) is 1.98. The number of hydrogen-bond acceptors (Lipinski definition) is 7. The molecule has 5 heterocycles. The van der Waals surface area contributed by atoms with Crippen molar-refractivity contribution >= 4 is 29.3 Å². The number of ether oxygens (including phenoxy) is 2. The van der Waals surface area contributed by atoms with E-state index < -0.39 is 5.60 Å². The summed E-state index contributed by atoms with van der Waals surface area (Å²) in [4.78, 5) is 23.9. The minimum Gasteiger partial charge on any atom is -0.444 e. The van der Waals surface area contributed by atoms with Gasteiger partial charge < -0.3 is 19.7 Å². The average Bonchev–Trinajstić information content (AvgIpc) is 2.91. The van der Waals surface area contributed by atoms with E-state index in [9.17, 15) is 10.2 Å². The Morgan fingerprint density at radius 1 is 1.21 bits per heavy atom. The number of pyridine rings is 2. The van der Waals surface area contributed by atoms with Crippen LogP contribution >= 0.6 is 0 Å². The lowest BCUT2D eigenvalue weighted by atomic mass is 9.92. The monoisotopic (exact) mass is 531 g/mol. The fourth-order valence-corrected chi connectivity index (χ4v) is 5.16. The number of allylic oxidation sites excluding steroid dienone is 1. The molecule has 0 radical (unpaired) electrons. The number of anilines is 1. The number of nitrogens with zero attached hydrogens (tertiary/aromatic N) is 4. The first-order valence-corrected chi connectivity index (χ1v) is 13.9. The Balaban J connectivity index is 1.34. The molecule has 0 spiro atoms. The maximum Gasteiger partial charge on any atom is 0.410 e. The van der Waals surface area contributed by atoms with Gasteiger partial charge in [-0.05, 0) is 71.1 Å². The van der Waals surface area contributed by atoms with Crippen molar-refractivity contribution in [3.63, 3.8) is 0 Å². The molecule has 1 amide bonds. The van der Waals surface area contributed by atoms with Crippen molar-refractivity contribution < 1.29 is 18.8 Å². The Bertz CT molecular complexity index is 1300. The van der Waals surface area contributed by atoms with E-state index in [0.717, 1.165) is 66.9 Å². The summed E-state index contributed by atoms with van der Waals surface area (Å²) in [6.45, 7) is 7.66. The molecule has 2 N–H and O–H groups in total. The van der Waals surface area contributed by atoms with Crippen LogP contribution in [0.5, 0.6) is 0 Å². The van der Waals surface area contributed by atoms with Crippen LogP contribution in [-0.2, 0) is 9.47 Å². The molecular weight excluding hydrogens is 492 g/mol. The van der Waals surface area contributed by atoms with Crippen LogP contribution in [0, 0.1) is 5.41 Å². The van der Waals surface area contributed by atoms with Crippen molar-refractivity contribution in [2.24, 2.45) is 0 Å². The maximum absolute atomic E-state index is 12.5. The molecule has 39 heavy (non-hydrogen) atoms. The van der Waals surface area contributed by atoms with Gasteiger partial charge in [0.2, 0.25) is 0 Å². The first-order chi connectivity index (χ1) is 18.7. The molecule has 0 bridgehead atoms. The lowest BCUT2D eigenvalue weighted by molar-refractivity contribution is -0.423. The van der Waals surface area contributed by atoms with E-state index in [0.29, 0.717) is 24.5 Å². The minimum atomic E-state index is -0.503. The minimum absolute atomic E-state index is 0.0898. The van der Waals surface area contributed by atoms with Gasteiger partial charge in [0, 0.05) is 36.9 Å². The number of likely N-dealkylation sites (tertiary alicyclic amines) is 1. The van der Waals surface area contributed by atoms with Crippen LogP contribution in [0.1, 0.15) is 81.4 Å². The highest BCUT2D eigenvalue weighted by atomic mass is 16.6. The second-order valence-electron chi connectivity index (χ2n) is 11.6. The summed E-state index contributed by atoms with van der Waals surface area (Å²) in [5, 5.41) is 12.7. The molecule has 3 aliphatic rings. The van der Waals surface area contributed by atoms with Gasteiger partial charge in [-0.15, -0.1) is 0 Å². The molecule has 5 rings (SSSR count). The van der Waals surface area contributed by atoms with E-state index in [2.05, 4.69) is 10.3 Å². The molecule has 206 valence electrons. The van der Waals surface area contributed by atoms with Crippen molar-refractivity contribution in [2.75, 3.05) is 32.1 Å². The summed E-state index contributed by atoms with van der Waals surface area (Å²) in [5.41, 5.74) is 4.81. The largest absolute Gasteiger partial charge is 0.444 e. The predicted octanol–water partition coefficient (Wildman–Crippen LogP) is 5.01. The molecule has 0 aromatic carbocycles. The molecule has 3 aliphatic heterocycles. The van der Waals surface area contributed by atoms with E-state index in [1.807, 2.05) is 69.1 Å². The normalized spacial score (nSPS) is 20.0. The van der Waals surface area contributed by atoms with Gasteiger partial charge in [0.15, 0.2) is 12.4 Å². The molecule has 0 saturated carbocycles. The highest BCUT2D eigenvalue weighted by Crippen LogP contribution is 2.30. The number of piperidine rings is 1. The molecular formula is C30H39N6O3+. The first kappa shape index (κ1) is 27.0. The number of aromatic nitrogens is 2. The number of nitrogens with one attached hydrogen (secondary N) is 2. The number of carbonyl (C=O) groups is 1. The third kappa shape index (κ3) is 6.53. The van der Waals surface area contributed by atoms with Crippen LogP contribution in [-0.4, -0.2) is 76.0 Å². The van der Waals surface area contributed by atoms with Gasteiger partial charge in [-0.3, -0.25) is 15.4 Å². The van der Waals surface area contributed by atoms with Gasteiger partial charge in [-0.2, -0.15) is 0 Å². The fraction of sp³-hybridized carbons (Fsp3) is 0.500. The van der Waals surface area contributed by atoms with Gasteiger partial charge in [-0.25, -0.2) is 9.37 Å². The van der Waals surface area contributed by atoms with Gasteiger partial charge >= 0.3 is 6.09 Å². The highest BCUT2D eigenvalue weighted by Gasteiger charge is 2.29. The van der Waals surface area contributed by atoms with Crippen LogP contribution in [0.25, 0.3) is 5.57 Å². The van der Waals surface area contributed by atoms with Crippen LogP contribution in [0.3, 0.4) is 0 Å². The molecule has 2 aromatic rings. The lowest BCUT2D eigenvalue weighted by Crippen LogP contribution is -2.41. The van der Waals surface area contributed by atoms with Crippen molar-refractivity contribution in [1.29, 1.82) is 5.41 Å². The quantitative estimate of drug-likeness (QED) is 0.401. The van der Waals surface area contributed by atoms with Gasteiger partial charge in [-0.1, -0.05) is 6.07 Å². The maximum atomic E-state index is 12.5. The van der Waals surface area contributed by atoms with Crippen molar-refractivity contribution in [3.8, 4) is 0 Å². The van der Waals surface area contributed by atoms with Crippen molar-refractivity contribution in [1.82, 2.24) is 14.9 Å². The number of hydrogen-bond donors (Lipinski definition) is 2. The van der Waals surface area contributed by atoms with Gasteiger partial charge in [0.25, 0.3) is 0 Å². The van der Waals surface area contributed by atoms with Crippen LogP contribution < -0.4 is 5.32 Å². The standard InChI is InChI=1S/C30H39N6O3/c1-30(2,3)39-29(37)36-13-11-20(12-14-36)23-8-7-9-24(33-23)28(31)22-16-25(21-18-35(4)19-21)32-17-26(22)34-27-10-5-6-15-38-27/h7-9,16-20,27,31,34H,5-6,10-15H2,1-4H3/q+1. The van der Waals surface area contributed by atoms with Crippen molar-refractivity contribution in [2.45, 2.75) is 70.6 Å². The topological polar surface area (TPSA) is 103 Å². The number of carbonyl (C=O) groups excluding carboxylic acids is 1. The molecule has 1 unspecified atom stereocenters. The Morgan fingerprint density at radius 2 is 1.97 bits per heavy atom. The molecule has 1 atom stereocenters. The molecule has 9 heteroatoms. The predicted molar refractivity (Wildman–Crippen MR) is 152 cm³/mol. The van der Waals surface area contributed by atoms with Crippen LogP contribution in [0.4, 0.5) is 10.5 Å². The third-order valence-electron chi connectivity index (χ3n) is 7.24. The zero-order valence-electron chi connectivity index (χ0n) is 23.4. The van der Waals surface area contributed by atoms with Crippen LogP contribution in [0.15, 0.2) is 36.7 Å². The Labute approximate surface area is 230 Å². The smallest absolute Gasteiger partial charge is 0.410 e. The summed E-state index contributed by atoms with van der Waals surface area (Å²) in [6, 6.07) is 7.87. The zero-order valence-corrected chi connectivity index (χ0v) is 23.4. The molecule has 9 nitrogen and oxygen atoms in total. The second-order valence-corrected chi connectivity index (χ2v) is 11.6. The molecule has 2 aromatic heterocycles. The van der Waals surface area contributed by atoms with Crippen molar-refractivity contribution in [3.05, 3.63) is 59.3 Å². The third-order valence-corrected chi connectivity index (χ3v) is 7.24. The molecule has 2 saturated heterocycles. The van der Waals surface area contributed by atoms with E-state index >= 15 is 0 Å². The summed E-state index contributed by atoms with van der Waals surface area (Å²) in [6.07, 6.45) is 10.2. The Kier molecular flexibility index (Phi) is 7.79. The summed E-state index contributed by atoms with van der Waals surface area (Å²) >= 11 is 0. The summed E-state index contributed by atoms with van der Waals surface area (Å²) in [5.74, 6) is 0.225. The second kappa shape index (κ2) is 11.3. The van der Waals surface area contributed by atoms with Crippen LogP contribution in [0.2, 0.25) is 0 Å². The van der Waals surface area contributed by atoms with Gasteiger partial charge in [0.05, 0.1) is 29.0 Å². The van der Waals surface area contributed by atoms with E-state index in [1.165, 1.54) is 0 Å². The van der Waals surface area contributed by atoms with E-state index in [-0.39, 0.29) is 18.2 Å². The fourth-order valence-electron chi connectivity index (χ4n) is 5.16. The Hall–Kier alpha value is -3.59. The zero-order chi connectivity index (χ0) is 27.6. The lowest BCUT2D eigenvalue weighted by Gasteiger charge is -2.33. The highest BCUT2D eigenvalue weighted by molar-refractivity contribution is 6.15. The van der Waals surface area contributed by atoms with E-state index in [1.54, 1.807) is 11.1 Å².